The van der Waals surface area contributed by atoms with Crippen LogP contribution in [0.15, 0.2) is 42.7 Å². The smallest absolute Gasteiger partial charge is 0.170 e. The predicted molar refractivity (Wildman–Crippen MR) is 99.6 cm³/mol. The largest absolute Gasteiger partial charge is 0.353 e. The molecule has 1 aliphatic heterocycles. The van der Waals surface area contributed by atoms with Crippen LogP contribution >= 0.6 is 12.2 Å². The average molecular weight is 340 g/mol. The number of hydrogen-bond donors (Lipinski definition) is 1. The zero-order chi connectivity index (χ0) is 16.5. The molecule has 0 spiro atoms. The maximum absolute atomic E-state index is 5.77. The Morgan fingerprint density at radius 1 is 1.12 bits per heavy atom. The summed E-state index contributed by atoms with van der Waals surface area (Å²) in [4.78, 5) is 7.07. The van der Waals surface area contributed by atoms with Gasteiger partial charge in [-0.15, -0.1) is 0 Å². The molecule has 24 heavy (non-hydrogen) atoms. The van der Waals surface area contributed by atoms with Crippen molar-refractivity contribution in [2.75, 3.05) is 0 Å². The van der Waals surface area contributed by atoms with Crippen molar-refractivity contribution in [3.05, 3.63) is 54.1 Å². The summed E-state index contributed by atoms with van der Waals surface area (Å²) < 4.78 is 2.21. The summed E-state index contributed by atoms with van der Waals surface area (Å²) in [5, 5.41) is 4.44. The van der Waals surface area contributed by atoms with E-state index in [0.717, 1.165) is 10.8 Å². The van der Waals surface area contributed by atoms with Crippen LogP contribution in [0.4, 0.5) is 0 Å². The van der Waals surface area contributed by atoms with Crippen molar-refractivity contribution in [2.45, 2.75) is 50.2 Å². The second kappa shape index (κ2) is 6.55. The minimum atomic E-state index is 0.106. The molecule has 1 N–H and O–H groups in total. The molecule has 1 saturated carbocycles. The van der Waals surface area contributed by atoms with Crippen molar-refractivity contribution in [2.24, 2.45) is 7.05 Å². The Labute approximate surface area is 148 Å². The summed E-state index contributed by atoms with van der Waals surface area (Å²) in [6.07, 6.45) is 10.4. The standard InChI is InChI=1S/C19H24N4S/c1-22-13-7-11-16(22)18-17(15-10-5-6-12-20-15)21-19(24)23(18)14-8-3-2-4-9-14/h5-7,10-14,17-18H,2-4,8-9H2,1H3,(H,21,24)/t17-,18+/m1/s1. The lowest BCUT2D eigenvalue weighted by Gasteiger charge is -2.37. The highest BCUT2D eigenvalue weighted by Crippen LogP contribution is 2.42. The topological polar surface area (TPSA) is 33.1 Å². The van der Waals surface area contributed by atoms with E-state index in [1.54, 1.807) is 0 Å². The zero-order valence-electron chi connectivity index (χ0n) is 14.1. The molecule has 2 aromatic rings. The van der Waals surface area contributed by atoms with Gasteiger partial charge in [-0.3, -0.25) is 4.98 Å². The molecule has 0 bridgehead atoms. The van der Waals surface area contributed by atoms with E-state index >= 15 is 0 Å². The van der Waals surface area contributed by atoms with Crippen LogP contribution in [0.1, 0.15) is 55.6 Å². The molecule has 3 heterocycles. The van der Waals surface area contributed by atoms with Crippen LogP contribution in [0.2, 0.25) is 0 Å². The van der Waals surface area contributed by atoms with Gasteiger partial charge in [-0.2, -0.15) is 0 Å². The van der Waals surface area contributed by atoms with E-state index in [9.17, 15) is 0 Å². The summed E-state index contributed by atoms with van der Waals surface area (Å²) in [5.41, 5.74) is 2.35. The van der Waals surface area contributed by atoms with Gasteiger partial charge in [0.1, 0.15) is 0 Å². The number of pyridine rings is 1. The van der Waals surface area contributed by atoms with E-state index in [-0.39, 0.29) is 12.1 Å². The number of nitrogens with zero attached hydrogens (tertiary/aromatic N) is 3. The van der Waals surface area contributed by atoms with Gasteiger partial charge in [0.05, 0.1) is 17.8 Å². The molecule has 1 saturated heterocycles. The first kappa shape index (κ1) is 15.6. The highest BCUT2D eigenvalue weighted by atomic mass is 32.1. The van der Waals surface area contributed by atoms with Crippen molar-refractivity contribution >= 4 is 17.3 Å². The molecule has 2 fully saturated rings. The summed E-state index contributed by atoms with van der Waals surface area (Å²) in [7, 11) is 2.12. The molecule has 0 aromatic carbocycles. The fourth-order valence-corrected chi connectivity index (χ4v) is 4.61. The molecule has 2 aromatic heterocycles. The van der Waals surface area contributed by atoms with Crippen LogP contribution in [0.3, 0.4) is 0 Å². The lowest BCUT2D eigenvalue weighted by Crippen LogP contribution is -2.40. The normalized spacial score (nSPS) is 25.0. The van der Waals surface area contributed by atoms with E-state index in [4.69, 9.17) is 12.2 Å². The molecule has 126 valence electrons. The maximum Gasteiger partial charge on any atom is 0.170 e. The fraction of sp³-hybridized carbons (Fsp3) is 0.474. The van der Waals surface area contributed by atoms with Crippen molar-refractivity contribution in [3.8, 4) is 0 Å². The summed E-state index contributed by atoms with van der Waals surface area (Å²) in [6, 6.07) is 11.3. The quantitative estimate of drug-likeness (QED) is 0.863. The average Bonchev–Trinajstić information content (AvgIpc) is 3.19. The third-order valence-corrected chi connectivity index (χ3v) is 5.72. The van der Waals surface area contributed by atoms with E-state index < -0.39 is 0 Å². The lowest BCUT2D eigenvalue weighted by atomic mass is 9.92. The first-order chi connectivity index (χ1) is 11.8. The second-order valence-corrected chi connectivity index (χ2v) is 7.26. The number of thiocarbonyl (C=S) groups is 1. The van der Waals surface area contributed by atoms with E-state index in [0.29, 0.717) is 6.04 Å². The van der Waals surface area contributed by atoms with Crippen LogP contribution in [0.25, 0.3) is 0 Å². The van der Waals surface area contributed by atoms with Crippen molar-refractivity contribution < 1.29 is 0 Å². The summed E-state index contributed by atoms with van der Waals surface area (Å²) in [6.45, 7) is 0. The number of hydrogen-bond acceptors (Lipinski definition) is 2. The second-order valence-electron chi connectivity index (χ2n) is 6.87. The number of aromatic nitrogens is 2. The van der Waals surface area contributed by atoms with Gasteiger partial charge in [-0.05, 0) is 49.3 Å². The summed E-state index contributed by atoms with van der Waals surface area (Å²) >= 11 is 5.77. The van der Waals surface area contributed by atoms with Crippen LogP contribution in [0, 0.1) is 0 Å². The van der Waals surface area contributed by atoms with Crippen LogP contribution in [-0.2, 0) is 7.05 Å². The molecule has 0 amide bonds. The molecule has 0 unspecified atom stereocenters. The van der Waals surface area contributed by atoms with Crippen LogP contribution < -0.4 is 5.32 Å². The highest BCUT2D eigenvalue weighted by molar-refractivity contribution is 7.80. The maximum atomic E-state index is 5.77. The Morgan fingerprint density at radius 3 is 2.62 bits per heavy atom. The minimum absolute atomic E-state index is 0.106. The molecule has 4 nitrogen and oxygen atoms in total. The van der Waals surface area contributed by atoms with Gasteiger partial charge < -0.3 is 14.8 Å². The predicted octanol–water partition coefficient (Wildman–Crippen LogP) is 3.73. The van der Waals surface area contributed by atoms with Gasteiger partial charge in [0.2, 0.25) is 0 Å². The van der Waals surface area contributed by atoms with E-state index in [2.05, 4.69) is 57.3 Å². The van der Waals surface area contributed by atoms with Gasteiger partial charge >= 0.3 is 0 Å². The first-order valence-electron chi connectivity index (χ1n) is 8.86. The minimum Gasteiger partial charge on any atom is -0.353 e. The fourth-order valence-electron chi connectivity index (χ4n) is 4.22. The number of nitrogens with one attached hydrogen (secondary N) is 1. The number of aryl methyl sites for hydroxylation is 1. The Kier molecular flexibility index (Phi) is 4.27. The van der Waals surface area contributed by atoms with Crippen molar-refractivity contribution in [1.29, 1.82) is 0 Å². The van der Waals surface area contributed by atoms with Crippen LogP contribution in [-0.4, -0.2) is 25.6 Å². The molecule has 2 aliphatic rings. The summed E-state index contributed by atoms with van der Waals surface area (Å²) in [5.74, 6) is 0. The lowest BCUT2D eigenvalue weighted by molar-refractivity contribution is 0.192. The molecule has 4 rings (SSSR count). The molecule has 5 heteroatoms. The molecule has 1 aliphatic carbocycles. The van der Waals surface area contributed by atoms with Gasteiger partial charge in [0, 0.05) is 31.2 Å². The van der Waals surface area contributed by atoms with Gasteiger partial charge in [-0.25, -0.2) is 0 Å². The SMILES string of the molecule is Cn1cccc1[C@H]1[C@@H](c2ccccn2)NC(=S)N1C1CCCCC1. The Morgan fingerprint density at radius 2 is 1.96 bits per heavy atom. The number of rotatable bonds is 3. The molecule has 2 atom stereocenters. The monoisotopic (exact) mass is 340 g/mol. The van der Waals surface area contributed by atoms with Gasteiger partial charge in [0.15, 0.2) is 5.11 Å². The third kappa shape index (κ3) is 2.71. The van der Waals surface area contributed by atoms with Gasteiger partial charge in [-0.1, -0.05) is 25.3 Å². The van der Waals surface area contributed by atoms with E-state index in [1.165, 1.54) is 37.8 Å². The Bertz CT molecular complexity index is 705. The molecular weight excluding hydrogens is 316 g/mol. The van der Waals surface area contributed by atoms with Crippen molar-refractivity contribution in [3.63, 3.8) is 0 Å². The Balaban J connectivity index is 1.75. The molecule has 0 radical (unpaired) electrons. The van der Waals surface area contributed by atoms with Gasteiger partial charge in [0.25, 0.3) is 0 Å². The molecular formula is C19H24N4S. The highest BCUT2D eigenvalue weighted by Gasteiger charge is 2.43. The van der Waals surface area contributed by atoms with E-state index in [1.807, 2.05) is 12.3 Å². The van der Waals surface area contributed by atoms with Crippen LogP contribution in [0.5, 0.6) is 0 Å². The third-order valence-electron chi connectivity index (χ3n) is 5.39. The van der Waals surface area contributed by atoms with Crippen molar-refractivity contribution in [1.82, 2.24) is 19.8 Å². The zero-order valence-corrected chi connectivity index (χ0v) is 14.9. The Hall–Kier alpha value is -1.88. The first-order valence-corrected chi connectivity index (χ1v) is 9.27.